The first-order chi connectivity index (χ1) is 11.2. The average molecular weight is 331 g/mol. The fraction of sp³-hybridized carbons (Fsp3) is 0.529. The van der Waals surface area contributed by atoms with Gasteiger partial charge in [-0.1, -0.05) is 0 Å². The number of carbonyl (C=O) groups excluding carboxylic acids is 1. The van der Waals surface area contributed by atoms with Crippen LogP contribution in [0.4, 0.5) is 5.82 Å². The van der Waals surface area contributed by atoms with Crippen molar-refractivity contribution in [1.29, 1.82) is 0 Å². The van der Waals surface area contributed by atoms with Crippen LogP contribution in [-0.2, 0) is 4.74 Å². The van der Waals surface area contributed by atoms with Gasteiger partial charge in [0.2, 0.25) is 0 Å². The molecule has 1 spiro atoms. The minimum Gasteiger partial charge on any atom is -0.372 e. The molecule has 2 aromatic heterocycles. The smallest absolute Gasteiger partial charge is 0.160 e. The molecule has 4 heterocycles. The quantitative estimate of drug-likeness (QED) is 0.791. The third-order valence-corrected chi connectivity index (χ3v) is 5.91. The Bertz CT molecular complexity index is 722. The van der Waals surface area contributed by atoms with Gasteiger partial charge in [0, 0.05) is 31.6 Å². The molecule has 0 radical (unpaired) electrons. The second-order valence-corrected chi connectivity index (χ2v) is 7.65. The van der Waals surface area contributed by atoms with E-state index < -0.39 is 0 Å². The van der Waals surface area contributed by atoms with E-state index in [2.05, 4.69) is 29.0 Å². The lowest BCUT2D eigenvalue weighted by Crippen LogP contribution is -2.56. The van der Waals surface area contributed by atoms with Gasteiger partial charge in [0.25, 0.3) is 0 Å². The predicted octanol–water partition coefficient (Wildman–Crippen LogP) is 2.41. The molecular formula is C17H21N3O2S. The highest BCUT2D eigenvalue weighted by molar-refractivity contribution is 7.20. The molecule has 2 aliphatic heterocycles. The van der Waals surface area contributed by atoms with Crippen LogP contribution < -0.4 is 4.90 Å². The summed E-state index contributed by atoms with van der Waals surface area (Å²) in [5.41, 5.74) is 0.0290. The van der Waals surface area contributed by atoms with Gasteiger partial charge in [-0.3, -0.25) is 4.79 Å². The minimum absolute atomic E-state index is 0.0290. The van der Waals surface area contributed by atoms with Crippen molar-refractivity contribution in [3.05, 3.63) is 23.1 Å². The number of aldehydes is 1. The van der Waals surface area contributed by atoms with Crippen molar-refractivity contribution in [2.75, 3.05) is 44.7 Å². The fourth-order valence-electron chi connectivity index (χ4n) is 3.64. The Morgan fingerprint density at radius 3 is 2.87 bits per heavy atom. The van der Waals surface area contributed by atoms with Crippen LogP contribution in [0.2, 0.25) is 0 Å². The molecule has 6 heteroatoms. The Labute approximate surface area is 139 Å². The molecule has 0 unspecified atom stereocenters. The van der Waals surface area contributed by atoms with Crippen molar-refractivity contribution in [2.45, 2.75) is 18.4 Å². The van der Waals surface area contributed by atoms with Crippen LogP contribution in [-0.4, -0.2) is 61.6 Å². The summed E-state index contributed by atoms with van der Waals surface area (Å²) in [4.78, 5) is 22.1. The normalized spacial score (nSPS) is 21.9. The van der Waals surface area contributed by atoms with Crippen molar-refractivity contribution < 1.29 is 9.53 Å². The predicted molar refractivity (Wildman–Crippen MR) is 92.6 cm³/mol. The lowest BCUT2D eigenvalue weighted by molar-refractivity contribution is -0.115. The molecule has 0 aliphatic carbocycles. The third kappa shape index (κ3) is 2.86. The highest BCUT2D eigenvalue weighted by Gasteiger charge is 2.39. The number of hydrogen-bond acceptors (Lipinski definition) is 6. The molecule has 2 saturated heterocycles. The molecule has 23 heavy (non-hydrogen) atoms. The maximum Gasteiger partial charge on any atom is 0.160 e. The van der Waals surface area contributed by atoms with Gasteiger partial charge in [-0.15, -0.1) is 11.3 Å². The number of thiophene rings is 1. The van der Waals surface area contributed by atoms with E-state index in [1.807, 2.05) is 6.07 Å². The topological polar surface area (TPSA) is 45.7 Å². The number of anilines is 1. The number of pyridine rings is 1. The van der Waals surface area contributed by atoms with Crippen molar-refractivity contribution in [1.82, 2.24) is 9.88 Å². The Balaban J connectivity index is 1.50. The molecule has 4 rings (SSSR count). The van der Waals surface area contributed by atoms with Crippen LogP contribution in [0.15, 0.2) is 18.2 Å². The number of fused-ring (bicyclic) bond motifs is 1. The molecule has 2 fully saturated rings. The summed E-state index contributed by atoms with van der Waals surface area (Å²) in [6.07, 6.45) is 2.98. The lowest BCUT2D eigenvalue weighted by atomic mass is 9.89. The second-order valence-electron chi connectivity index (χ2n) is 6.59. The SMILES string of the molecule is CN1CCOC2(CCN(c3ccc4cc(C=O)sc4n3)CC2)C1. The molecule has 0 aromatic carbocycles. The molecule has 122 valence electrons. The van der Waals surface area contributed by atoms with Gasteiger partial charge >= 0.3 is 0 Å². The molecule has 0 saturated carbocycles. The van der Waals surface area contributed by atoms with Crippen molar-refractivity contribution in [3.8, 4) is 0 Å². The highest BCUT2D eigenvalue weighted by atomic mass is 32.1. The monoisotopic (exact) mass is 331 g/mol. The summed E-state index contributed by atoms with van der Waals surface area (Å²) in [5.74, 6) is 1.01. The summed E-state index contributed by atoms with van der Waals surface area (Å²) in [7, 11) is 2.17. The molecule has 0 atom stereocenters. The molecule has 0 N–H and O–H groups in total. The van der Waals surface area contributed by atoms with Gasteiger partial charge in [-0.05, 0) is 38.1 Å². The van der Waals surface area contributed by atoms with Crippen molar-refractivity contribution in [2.24, 2.45) is 0 Å². The van der Waals surface area contributed by atoms with Gasteiger partial charge in [-0.2, -0.15) is 0 Å². The maximum absolute atomic E-state index is 10.9. The van der Waals surface area contributed by atoms with Gasteiger partial charge in [0.1, 0.15) is 10.6 Å². The van der Waals surface area contributed by atoms with Crippen molar-refractivity contribution >= 4 is 33.7 Å². The molecule has 0 bridgehead atoms. The number of hydrogen-bond donors (Lipinski definition) is 0. The van der Waals surface area contributed by atoms with E-state index in [1.165, 1.54) is 11.3 Å². The van der Waals surface area contributed by atoms with E-state index in [-0.39, 0.29) is 5.60 Å². The minimum atomic E-state index is 0.0290. The Hall–Kier alpha value is -1.50. The summed E-state index contributed by atoms with van der Waals surface area (Å²) in [5, 5.41) is 1.05. The molecule has 2 aliphatic rings. The van der Waals surface area contributed by atoms with Crippen LogP contribution in [0.1, 0.15) is 22.5 Å². The van der Waals surface area contributed by atoms with Gasteiger partial charge < -0.3 is 14.5 Å². The number of carbonyl (C=O) groups is 1. The van der Waals surface area contributed by atoms with Crippen molar-refractivity contribution in [3.63, 3.8) is 0 Å². The van der Waals surface area contributed by atoms with E-state index in [0.717, 1.165) is 72.8 Å². The van der Waals surface area contributed by atoms with Gasteiger partial charge in [0.05, 0.1) is 17.1 Å². The fourth-order valence-corrected chi connectivity index (χ4v) is 4.48. The van der Waals surface area contributed by atoms with Crippen LogP contribution in [0.5, 0.6) is 0 Å². The zero-order chi connectivity index (χ0) is 15.9. The number of ether oxygens (including phenoxy) is 1. The molecule has 2 aromatic rings. The number of likely N-dealkylation sites (N-methyl/N-ethyl adjacent to an activating group) is 1. The Kier molecular flexibility index (Phi) is 3.83. The highest BCUT2D eigenvalue weighted by Crippen LogP contribution is 2.32. The van der Waals surface area contributed by atoms with E-state index >= 15 is 0 Å². The van der Waals surface area contributed by atoms with Gasteiger partial charge in [0.15, 0.2) is 6.29 Å². The van der Waals surface area contributed by atoms with Crippen LogP contribution in [0, 0.1) is 0 Å². The largest absolute Gasteiger partial charge is 0.372 e. The molecular weight excluding hydrogens is 310 g/mol. The number of rotatable bonds is 2. The summed E-state index contributed by atoms with van der Waals surface area (Å²) in [6.45, 7) is 4.84. The Morgan fingerprint density at radius 2 is 2.13 bits per heavy atom. The first kappa shape index (κ1) is 15.1. The zero-order valence-corrected chi connectivity index (χ0v) is 14.1. The number of morpholine rings is 1. The second kappa shape index (κ2) is 5.85. The average Bonchev–Trinajstić information content (AvgIpc) is 2.98. The standard InChI is InChI=1S/C17H21N3O2S/c1-19-8-9-22-17(12-19)4-6-20(7-5-17)15-3-2-13-10-14(11-21)23-16(13)18-15/h2-3,10-11H,4-9,12H2,1H3. The number of nitrogens with zero attached hydrogens (tertiary/aromatic N) is 3. The summed E-state index contributed by atoms with van der Waals surface area (Å²) in [6, 6.07) is 6.03. The summed E-state index contributed by atoms with van der Waals surface area (Å²) >= 11 is 1.46. The third-order valence-electron chi connectivity index (χ3n) is 4.94. The van der Waals surface area contributed by atoms with Crippen LogP contribution in [0.25, 0.3) is 10.2 Å². The van der Waals surface area contributed by atoms with E-state index in [9.17, 15) is 4.79 Å². The summed E-state index contributed by atoms with van der Waals surface area (Å²) < 4.78 is 6.12. The zero-order valence-electron chi connectivity index (χ0n) is 13.3. The lowest BCUT2D eigenvalue weighted by Gasteiger charge is -2.46. The molecule has 5 nitrogen and oxygen atoms in total. The van der Waals surface area contributed by atoms with Crippen LogP contribution >= 0.6 is 11.3 Å². The van der Waals surface area contributed by atoms with Crippen LogP contribution in [0.3, 0.4) is 0 Å². The van der Waals surface area contributed by atoms with E-state index in [1.54, 1.807) is 0 Å². The van der Waals surface area contributed by atoms with E-state index in [4.69, 9.17) is 9.72 Å². The number of aromatic nitrogens is 1. The molecule has 0 amide bonds. The first-order valence-corrected chi connectivity index (χ1v) is 8.92. The Morgan fingerprint density at radius 1 is 1.30 bits per heavy atom. The van der Waals surface area contributed by atoms with Gasteiger partial charge in [-0.25, -0.2) is 4.98 Å². The van der Waals surface area contributed by atoms with E-state index in [0.29, 0.717) is 0 Å². The number of piperidine rings is 1. The first-order valence-electron chi connectivity index (χ1n) is 8.11. The maximum atomic E-state index is 10.9.